The van der Waals surface area contributed by atoms with Crippen LogP contribution < -0.4 is 9.64 Å². The molecule has 1 amide bonds. The summed E-state index contributed by atoms with van der Waals surface area (Å²) in [6.45, 7) is 5.87. The van der Waals surface area contributed by atoms with Crippen molar-refractivity contribution in [1.29, 1.82) is 0 Å². The molecule has 1 aromatic heterocycles. The molecule has 32 heavy (non-hydrogen) atoms. The predicted molar refractivity (Wildman–Crippen MR) is 122 cm³/mol. The number of anilines is 1. The molecule has 2 aliphatic heterocycles. The number of ether oxygens (including phenoxy) is 1. The van der Waals surface area contributed by atoms with Gasteiger partial charge in [0.05, 0.1) is 23.9 Å². The Kier molecular flexibility index (Phi) is 4.70. The molecule has 0 N–H and O–H groups in total. The molecule has 0 saturated heterocycles. The first-order valence-corrected chi connectivity index (χ1v) is 11.1. The third-order valence-corrected chi connectivity index (χ3v) is 6.56. The standard InChI is InChI=1S/C24H21N3O4S/c1-13-5-7-14(8-6-13)21-25-26-23(31-21)32-12-15-11-24(2,3)27-19-17(15)9-16(30-4)10-18(19)20(28)22(27)29/h5-11H,12H2,1-4H3. The van der Waals surface area contributed by atoms with Crippen LogP contribution in [-0.4, -0.2) is 40.3 Å². The number of ketones is 1. The summed E-state index contributed by atoms with van der Waals surface area (Å²) >= 11 is 1.41. The van der Waals surface area contributed by atoms with E-state index in [1.165, 1.54) is 11.8 Å². The van der Waals surface area contributed by atoms with Gasteiger partial charge < -0.3 is 9.15 Å². The SMILES string of the molecule is COc1cc2c3c(c1)C(CSc1nnc(-c4ccc(C)cc4)o1)=CC(C)(C)N3C(=O)C2=O. The van der Waals surface area contributed by atoms with E-state index in [1.54, 1.807) is 18.1 Å². The maximum atomic E-state index is 12.7. The average Bonchev–Trinajstić information content (AvgIpc) is 3.34. The lowest BCUT2D eigenvalue weighted by Crippen LogP contribution is -2.47. The zero-order valence-electron chi connectivity index (χ0n) is 18.1. The number of benzene rings is 2. The molecular formula is C24H21N3O4S. The van der Waals surface area contributed by atoms with E-state index in [0.717, 1.165) is 22.3 Å². The summed E-state index contributed by atoms with van der Waals surface area (Å²) in [5, 5.41) is 8.78. The number of nitrogens with zero attached hydrogens (tertiary/aromatic N) is 3. The van der Waals surface area contributed by atoms with Gasteiger partial charge in [-0.25, -0.2) is 0 Å². The lowest BCUT2D eigenvalue weighted by molar-refractivity contribution is -0.115. The van der Waals surface area contributed by atoms with Crippen LogP contribution in [0.15, 0.2) is 52.1 Å². The molecule has 2 aliphatic rings. The normalized spacial score (nSPS) is 16.2. The number of methoxy groups -OCH3 is 1. The first kappa shape index (κ1) is 20.5. The van der Waals surface area contributed by atoms with Gasteiger partial charge >= 0.3 is 0 Å². The zero-order chi connectivity index (χ0) is 22.6. The molecular weight excluding hydrogens is 426 g/mol. The van der Waals surface area contributed by atoms with E-state index in [9.17, 15) is 9.59 Å². The van der Waals surface area contributed by atoms with Crippen molar-refractivity contribution < 1.29 is 18.7 Å². The Morgan fingerprint density at radius 2 is 1.81 bits per heavy atom. The number of rotatable bonds is 5. The molecule has 0 fully saturated rings. The number of Topliss-reactive ketones (excluding diaryl/α,β-unsaturated/α-hetero) is 1. The third-order valence-electron chi connectivity index (χ3n) is 5.69. The number of aryl methyl sites for hydroxylation is 1. The summed E-state index contributed by atoms with van der Waals surface area (Å²) in [6.07, 6.45) is 2.01. The van der Waals surface area contributed by atoms with Crippen LogP contribution in [0.3, 0.4) is 0 Å². The Labute approximate surface area is 189 Å². The number of aromatic nitrogens is 2. The van der Waals surface area contributed by atoms with Crippen molar-refractivity contribution in [3.05, 3.63) is 59.2 Å². The molecule has 0 spiro atoms. The van der Waals surface area contributed by atoms with Crippen molar-refractivity contribution in [2.45, 2.75) is 31.5 Å². The van der Waals surface area contributed by atoms with Crippen LogP contribution in [0, 0.1) is 6.92 Å². The number of carbonyl (C=O) groups excluding carboxylic acids is 2. The molecule has 0 saturated carbocycles. The van der Waals surface area contributed by atoms with Crippen molar-refractivity contribution in [2.24, 2.45) is 0 Å². The quantitative estimate of drug-likeness (QED) is 0.419. The highest BCUT2D eigenvalue weighted by atomic mass is 32.2. The molecule has 0 bridgehead atoms. The van der Waals surface area contributed by atoms with Crippen molar-refractivity contribution in [2.75, 3.05) is 17.8 Å². The fourth-order valence-electron chi connectivity index (χ4n) is 4.16. The number of carbonyl (C=O) groups is 2. The van der Waals surface area contributed by atoms with E-state index in [0.29, 0.717) is 33.9 Å². The maximum absolute atomic E-state index is 12.7. The van der Waals surface area contributed by atoms with Crippen molar-refractivity contribution >= 4 is 34.7 Å². The summed E-state index contributed by atoms with van der Waals surface area (Å²) < 4.78 is 11.2. The van der Waals surface area contributed by atoms with Gasteiger partial charge in [0.2, 0.25) is 5.89 Å². The predicted octanol–water partition coefficient (Wildman–Crippen LogP) is 4.55. The first-order chi connectivity index (χ1) is 15.3. The van der Waals surface area contributed by atoms with Crippen molar-refractivity contribution in [1.82, 2.24) is 10.2 Å². The molecule has 162 valence electrons. The summed E-state index contributed by atoms with van der Waals surface area (Å²) in [5.41, 5.74) is 4.20. The minimum atomic E-state index is -0.641. The van der Waals surface area contributed by atoms with Crippen molar-refractivity contribution in [3.8, 4) is 17.2 Å². The van der Waals surface area contributed by atoms with Gasteiger partial charge in [0, 0.05) is 16.9 Å². The Morgan fingerprint density at radius 1 is 1.09 bits per heavy atom. The fourth-order valence-corrected chi connectivity index (χ4v) is 4.92. The molecule has 3 aromatic rings. The van der Waals surface area contributed by atoms with Gasteiger partial charge in [0.15, 0.2) is 0 Å². The molecule has 7 nitrogen and oxygen atoms in total. The molecule has 0 atom stereocenters. The number of hydrogen-bond acceptors (Lipinski definition) is 7. The molecule has 0 radical (unpaired) electrons. The van der Waals surface area contributed by atoms with Gasteiger partial charge in [-0.3, -0.25) is 14.5 Å². The number of hydrogen-bond donors (Lipinski definition) is 0. The van der Waals surface area contributed by atoms with Gasteiger partial charge in [0.25, 0.3) is 16.9 Å². The average molecular weight is 448 g/mol. The second-order valence-electron chi connectivity index (χ2n) is 8.39. The highest BCUT2D eigenvalue weighted by Gasteiger charge is 2.47. The van der Waals surface area contributed by atoms with Crippen LogP contribution in [0.2, 0.25) is 0 Å². The molecule has 5 rings (SSSR count). The lowest BCUT2D eigenvalue weighted by atomic mass is 9.89. The van der Waals surface area contributed by atoms with Crippen LogP contribution in [0.4, 0.5) is 5.69 Å². The fraction of sp³-hybridized carbons (Fsp3) is 0.250. The molecule has 0 aliphatic carbocycles. The van der Waals surface area contributed by atoms with Crippen LogP contribution >= 0.6 is 11.8 Å². The summed E-state index contributed by atoms with van der Waals surface area (Å²) in [5.74, 6) is 0.526. The Hall–Kier alpha value is -3.39. The monoisotopic (exact) mass is 447 g/mol. The van der Waals surface area contributed by atoms with E-state index >= 15 is 0 Å². The van der Waals surface area contributed by atoms with Crippen LogP contribution in [0.1, 0.15) is 35.3 Å². The Morgan fingerprint density at radius 3 is 2.53 bits per heavy atom. The number of thioether (sulfide) groups is 1. The van der Waals surface area contributed by atoms with Gasteiger partial charge in [-0.2, -0.15) is 0 Å². The van der Waals surface area contributed by atoms with Crippen LogP contribution in [0.25, 0.3) is 17.0 Å². The molecule has 0 unspecified atom stereocenters. The summed E-state index contributed by atoms with van der Waals surface area (Å²) in [7, 11) is 1.55. The molecule has 3 heterocycles. The summed E-state index contributed by atoms with van der Waals surface area (Å²) in [4.78, 5) is 26.9. The largest absolute Gasteiger partial charge is 0.497 e. The van der Waals surface area contributed by atoms with E-state index in [4.69, 9.17) is 9.15 Å². The smallest absolute Gasteiger partial charge is 0.300 e. The van der Waals surface area contributed by atoms with E-state index in [-0.39, 0.29) is 0 Å². The van der Waals surface area contributed by atoms with Gasteiger partial charge in [-0.1, -0.05) is 35.5 Å². The minimum Gasteiger partial charge on any atom is -0.497 e. The highest BCUT2D eigenvalue weighted by Crippen LogP contribution is 2.48. The van der Waals surface area contributed by atoms with E-state index in [2.05, 4.69) is 10.2 Å². The molecule has 8 heteroatoms. The van der Waals surface area contributed by atoms with Gasteiger partial charge in [-0.15, -0.1) is 10.2 Å². The van der Waals surface area contributed by atoms with Gasteiger partial charge in [0.1, 0.15) is 5.75 Å². The summed E-state index contributed by atoms with van der Waals surface area (Å²) in [6, 6.07) is 11.4. The first-order valence-electron chi connectivity index (χ1n) is 10.1. The topological polar surface area (TPSA) is 85.5 Å². The second-order valence-corrected chi connectivity index (χ2v) is 9.32. The van der Waals surface area contributed by atoms with Crippen molar-refractivity contribution in [3.63, 3.8) is 0 Å². The van der Waals surface area contributed by atoms with Gasteiger partial charge in [-0.05, 0) is 50.6 Å². The van der Waals surface area contributed by atoms with Crippen LogP contribution in [0.5, 0.6) is 5.75 Å². The molecule has 2 aromatic carbocycles. The minimum absolute atomic E-state index is 0.382. The Bertz CT molecular complexity index is 1290. The third kappa shape index (κ3) is 3.22. The highest BCUT2D eigenvalue weighted by molar-refractivity contribution is 7.99. The van der Waals surface area contributed by atoms with E-state index in [1.807, 2.05) is 57.2 Å². The van der Waals surface area contributed by atoms with Crippen LogP contribution in [-0.2, 0) is 4.79 Å². The second kappa shape index (κ2) is 7.34. The maximum Gasteiger partial charge on any atom is 0.300 e. The Balaban J connectivity index is 1.47. The lowest BCUT2D eigenvalue weighted by Gasteiger charge is -2.38. The zero-order valence-corrected chi connectivity index (χ0v) is 18.9. The number of amides is 1. The van der Waals surface area contributed by atoms with E-state index < -0.39 is 17.2 Å².